The van der Waals surface area contributed by atoms with E-state index in [0.29, 0.717) is 25.7 Å². The molecule has 0 aromatic rings. The van der Waals surface area contributed by atoms with Crippen LogP contribution >= 0.6 is 0 Å². The van der Waals surface area contributed by atoms with Crippen LogP contribution < -0.4 is 0 Å². The first kappa shape index (κ1) is 28.6. The zero-order valence-corrected chi connectivity index (χ0v) is 24.1. The summed E-state index contributed by atoms with van der Waals surface area (Å²) in [5.41, 5.74) is 0. The van der Waals surface area contributed by atoms with Gasteiger partial charge in [-0.1, -0.05) is 27.7 Å². The lowest BCUT2D eigenvalue weighted by Gasteiger charge is -2.47. The second-order valence-corrected chi connectivity index (χ2v) is 13.7. The van der Waals surface area contributed by atoms with Gasteiger partial charge in [-0.25, -0.2) is 0 Å². The van der Waals surface area contributed by atoms with Crippen molar-refractivity contribution in [1.29, 1.82) is 0 Å². The van der Waals surface area contributed by atoms with Crippen molar-refractivity contribution in [3.63, 3.8) is 0 Å². The van der Waals surface area contributed by atoms with Crippen molar-refractivity contribution >= 4 is 20.4 Å². The number of hydrogen-bond donors (Lipinski definition) is 0. The van der Waals surface area contributed by atoms with Crippen LogP contribution in [0.5, 0.6) is 0 Å². The Balaban J connectivity index is 1.71. The topological polar surface area (TPSA) is 118 Å². The average Bonchev–Trinajstić information content (AvgIpc) is 3.20. The van der Waals surface area contributed by atoms with Crippen LogP contribution in [0.4, 0.5) is 0 Å². The molecule has 0 amide bonds. The van der Waals surface area contributed by atoms with Crippen LogP contribution in [-0.2, 0) is 39.4 Å². The fourth-order valence-corrected chi connectivity index (χ4v) is 9.77. The summed E-state index contributed by atoms with van der Waals surface area (Å²) in [5, 5.41) is 0. The van der Waals surface area contributed by atoms with Gasteiger partial charge in [0.1, 0.15) is 0 Å². The minimum Gasteiger partial charge on any atom is -0.324 e. The molecule has 0 bridgehead atoms. The van der Waals surface area contributed by atoms with Crippen molar-refractivity contribution < 1.29 is 35.8 Å². The molecule has 0 aromatic carbocycles. The van der Waals surface area contributed by atoms with Gasteiger partial charge in [-0.3, -0.25) is 0 Å². The van der Waals surface area contributed by atoms with E-state index in [4.69, 9.17) is 18.9 Å². The molecule has 12 nitrogen and oxygen atoms in total. The van der Waals surface area contributed by atoms with Gasteiger partial charge in [0.2, 0.25) is 12.6 Å². The molecule has 36 heavy (non-hydrogen) atoms. The molecule has 4 aliphatic heterocycles. The molecule has 0 saturated carbocycles. The molecule has 4 saturated heterocycles. The Bertz CT molecular complexity index is 870. The van der Waals surface area contributed by atoms with Crippen LogP contribution in [0.1, 0.15) is 81.1 Å². The molecular formula is C22H42N4O8S2. The Morgan fingerprint density at radius 1 is 0.500 bits per heavy atom. The van der Waals surface area contributed by atoms with Gasteiger partial charge >= 0.3 is 0 Å². The molecule has 0 aliphatic carbocycles. The van der Waals surface area contributed by atoms with Crippen LogP contribution in [0.2, 0.25) is 0 Å². The molecule has 0 unspecified atom stereocenters. The van der Waals surface area contributed by atoms with E-state index in [9.17, 15) is 16.8 Å². The fourth-order valence-electron chi connectivity index (χ4n) is 5.26. The Hall–Kier alpha value is -0.420. The van der Waals surface area contributed by atoms with E-state index in [0.717, 1.165) is 0 Å². The average molecular weight is 555 g/mol. The summed E-state index contributed by atoms with van der Waals surface area (Å²) in [4.78, 5) is 0. The second-order valence-electron chi connectivity index (χ2n) is 10.2. The summed E-state index contributed by atoms with van der Waals surface area (Å²) in [7, 11) is -7.76. The molecule has 4 fully saturated rings. The lowest BCUT2D eigenvalue weighted by molar-refractivity contribution is -0.443. The summed E-state index contributed by atoms with van der Waals surface area (Å²) in [6.45, 7) is 15.0. The molecule has 4 rings (SSSR count). The minimum absolute atomic E-state index is 0.335. The maximum absolute atomic E-state index is 13.6. The quantitative estimate of drug-likeness (QED) is 0.447. The van der Waals surface area contributed by atoms with Gasteiger partial charge in [0.25, 0.3) is 20.4 Å². The van der Waals surface area contributed by atoms with Gasteiger partial charge in [0.15, 0.2) is 24.9 Å². The monoisotopic (exact) mass is 554 g/mol. The second kappa shape index (κ2) is 10.3. The van der Waals surface area contributed by atoms with Crippen molar-refractivity contribution in [3.05, 3.63) is 0 Å². The van der Waals surface area contributed by atoms with E-state index in [1.54, 1.807) is 0 Å². The van der Waals surface area contributed by atoms with Gasteiger partial charge in [0, 0.05) is 24.2 Å². The Morgan fingerprint density at radius 3 is 0.861 bits per heavy atom. The number of nitrogens with zero attached hydrogens (tertiary/aromatic N) is 4. The number of fused-ring (bicyclic) bond motifs is 3. The highest BCUT2D eigenvalue weighted by Crippen LogP contribution is 2.45. The zero-order valence-electron chi connectivity index (χ0n) is 22.5. The molecule has 210 valence electrons. The van der Waals surface area contributed by atoms with E-state index in [-0.39, 0.29) is 24.2 Å². The van der Waals surface area contributed by atoms with Gasteiger partial charge in [-0.05, 0) is 53.4 Å². The van der Waals surface area contributed by atoms with E-state index in [1.165, 1.54) is 17.2 Å². The summed E-state index contributed by atoms with van der Waals surface area (Å²) >= 11 is 0. The van der Waals surface area contributed by atoms with Gasteiger partial charge in [0.05, 0.1) is 0 Å². The van der Waals surface area contributed by atoms with Crippen LogP contribution in [0, 0.1) is 0 Å². The molecule has 0 spiro atoms. The molecule has 4 heterocycles. The maximum atomic E-state index is 13.6. The van der Waals surface area contributed by atoms with Crippen molar-refractivity contribution in [3.8, 4) is 0 Å². The van der Waals surface area contributed by atoms with Crippen molar-refractivity contribution in [2.24, 2.45) is 0 Å². The lowest BCUT2D eigenvalue weighted by atomic mass is 10.2. The first-order valence-corrected chi connectivity index (χ1v) is 15.9. The van der Waals surface area contributed by atoms with Crippen molar-refractivity contribution in [2.75, 3.05) is 0 Å². The molecular weight excluding hydrogens is 512 g/mol. The first-order valence-electron chi connectivity index (χ1n) is 13.1. The van der Waals surface area contributed by atoms with E-state index >= 15 is 0 Å². The number of rotatable bonds is 8. The predicted molar refractivity (Wildman–Crippen MR) is 131 cm³/mol. The Morgan fingerprint density at radius 2 is 0.694 bits per heavy atom. The third-order valence-electron chi connectivity index (χ3n) is 7.97. The van der Waals surface area contributed by atoms with Gasteiger partial charge in [-0.2, -0.15) is 34.1 Å². The Labute approximate surface area is 216 Å². The third kappa shape index (κ3) is 4.25. The molecule has 14 heteroatoms. The van der Waals surface area contributed by atoms with E-state index in [1.807, 2.05) is 55.4 Å². The third-order valence-corrected chi connectivity index (χ3v) is 12.4. The van der Waals surface area contributed by atoms with Crippen LogP contribution in [0.3, 0.4) is 0 Å². The zero-order chi connectivity index (χ0) is 26.7. The SMILES string of the molecule is CC[C@@H](C)N1[C@H]2OC3O[C@H]4[C@@H](OC3O[C@H]2N([C@@H](C)CC)S1(=O)=O)N([C@@H](C)CC)S(=O)(=O)N4[C@H](C)CC. The van der Waals surface area contributed by atoms with Gasteiger partial charge < -0.3 is 18.9 Å². The summed E-state index contributed by atoms with van der Waals surface area (Å²) in [6.07, 6.45) is -3.63. The highest BCUT2D eigenvalue weighted by atomic mass is 32.2. The summed E-state index contributed by atoms with van der Waals surface area (Å²) in [5.74, 6) is 0. The predicted octanol–water partition coefficient (Wildman–Crippen LogP) is 1.96. The van der Waals surface area contributed by atoms with Gasteiger partial charge in [-0.15, -0.1) is 0 Å². The van der Waals surface area contributed by atoms with E-state index < -0.39 is 57.9 Å². The highest BCUT2D eigenvalue weighted by Gasteiger charge is 2.65. The number of ether oxygens (including phenoxy) is 4. The molecule has 0 aromatic heterocycles. The summed E-state index contributed by atoms with van der Waals surface area (Å²) < 4.78 is 84.9. The van der Waals surface area contributed by atoms with Crippen LogP contribution in [-0.4, -0.2) is 95.7 Å². The smallest absolute Gasteiger partial charge is 0.287 e. The van der Waals surface area contributed by atoms with Crippen LogP contribution in [0.25, 0.3) is 0 Å². The van der Waals surface area contributed by atoms with E-state index in [2.05, 4.69) is 0 Å². The molecule has 8 atom stereocenters. The summed E-state index contributed by atoms with van der Waals surface area (Å²) in [6, 6.07) is -1.34. The molecule has 0 radical (unpaired) electrons. The normalized spacial score (nSPS) is 40.2. The number of hydrogen-bond acceptors (Lipinski definition) is 8. The highest BCUT2D eigenvalue weighted by molar-refractivity contribution is 7.87. The maximum Gasteiger partial charge on any atom is 0.287 e. The first-order chi connectivity index (χ1) is 16.9. The largest absolute Gasteiger partial charge is 0.324 e. The standard InChI is InChI=1S/C22H42N4O8S2/c1-9-13(5)23-17-18(24(14(6)10-2)35(23,27)28)32-22-21(31-17)33-19-20(34-22)26(16(8)12-4)36(29,30)25(19)15(7)11-3/h13-22H,9-12H2,1-8H3/t13-,14+,15-,16+,17+,18-,19+,20-,21?,22?. The lowest BCUT2D eigenvalue weighted by Crippen LogP contribution is -2.64. The fraction of sp³-hybridized carbons (Fsp3) is 1.00. The van der Waals surface area contributed by atoms with Crippen molar-refractivity contribution in [1.82, 2.24) is 17.2 Å². The molecule has 0 N–H and O–H groups in total. The molecule has 4 aliphatic rings. The van der Waals surface area contributed by atoms with Crippen molar-refractivity contribution in [2.45, 2.75) is 143 Å². The van der Waals surface area contributed by atoms with Crippen LogP contribution in [0.15, 0.2) is 0 Å². The Kier molecular flexibility index (Phi) is 8.16. The minimum atomic E-state index is -3.88.